The van der Waals surface area contributed by atoms with Crippen molar-refractivity contribution in [2.75, 3.05) is 19.6 Å². The van der Waals surface area contributed by atoms with E-state index < -0.39 is 10.0 Å². The van der Waals surface area contributed by atoms with Crippen LogP contribution in [-0.4, -0.2) is 50.9 Å². The predicted octanol–water partition coefficient (Wildman–Crippen LogP) is 1.12. The first kappa shape index (κ1) is 17.9. The fraction of sp³-hybridized carbons (Fsp3) is 0.562. The van der Waals surface area contributed by atoms with Crippen LogP contribution in [0.5, 0.6) is 0 Å². The Labute approximate surface area is 138 Å². The molecule has 6 nitrogen and oxygen atoms in total. The van der Waals surface area contributed by atoms with Crippen LogP contribution in [0.3, 0.4) is 0 Å². The summed E-state index contributed by atoms with van der Waals surface area (Å²) >= 11 is 0. The van der Waals surface area contributed by atoms with Gasteiger partial charge < -0.3 is 10.2 Å². The molecule has 0 saturated carbocycles. The maximum Gasteiger partial charge on any atom is 0.254 e. The number of hydrogen-bond donors (Lipinski definition) is 2. The van der Waals surface area contributed by atoms with Crippen molar-refractivity contribution in [1.29, 1.82) is 0 Å². The van der Waals surface area contributed by atoms with Gasteiger partial charge in [-0.25, -0.2) is 13.1 Å². The van der Waals surface area contributed by atoms with Crippen molar-refractivity contribution in [3.05, 3.63) is 29.3 Å². The number of carbonyl (C=O) groups excluding carboxylic acids is 1. The molecule has 1 heterocycles. The van der Waals surface area contributed by atoms with Crippen LogP contribution in [0.2, 0.25) is 0 Å². The fourth-order valence-electron chi connectivity index (χ4n) is 2.77. The second kappa shape index (κ2) is 6.98. The highest BCUT2D eigenvalue weighted by Crippen LogP contribution is 2.20. The molecule has 0 spiro atoms. The molecule has 0 aliphatic carbocycles. The second-order valence-corrected chi connectivity index (χ2v) is 7.73. The molecule has 0 radical (unpaired) electrons. The molecule has 1 fully saturated rings. The van der Waals surface area contributed by atoms with Gasteiger partial charge in [0.1, 0.15) is 0 Å². The molecule has 2 atom stereocenters. The fourth-order valence-corrected chi connectivity index (χ4v) is 3.84. The lowest BCUT2D eigenvalue weighted by molar-refractivity contribution is 0.0602. The molecule has 23 heavy (non-hydrogen) atoms. The normalized spacial score (nSPS) is 22.2. The summed E-state index contributed by atoms with van der Waals surface area (Å²) in [7, 11) is -3.57. The van der Waals surface area contributed by atoms with E-state index in [1.54, 1.807) is 13.0 Å². The number of amides is 1. The number of benzene rings is 1. The third-order valence-electron chi connectivity index (χ3n) is 4.38. The van der Waals surface area contributed by atoms with Crippen molar-refractivity contribution in [3.63, 3.8) is 0 Å². The molecule has 7 heteroatoms. The lowest BCUT2D eigenvalue weighted by Gasteiger charge is -2.39. The molecule has 1 aromatic carbocycles. The first-order chi connectivity index (χ1) is 10.8. The molecule has 1 aromatic rings. The number of hydrogen-bond acceptors (Lipinski definition) is 4. The maximum absolute atomic E-state index is 12.9. The number of carbonyl (C=O) groups is 1. The van der Waals surface area contributed by atoms with Crippen LogP contribution in [-0.2, 0) is 10.0 Å². The molecule has 1 aliphatic rings. The van der Waals surface area contributed by atoms with Crippen molar-refractivity contribution in [2.45, 2.75) is 44.7 Å². The molecular weight excluding hydrogens is 314 g/mol. The number of piperazine rings is 1. The SMILES string of the molecule is CCNS(=O)(=O)c1ccc(C)c(C(=O)N2CCNC(C)C2C)c1. The van der Waals surface area contributed by atoms with Gasteiger partial charge in [0.15, 0.2) is 0 Å². The molecule has 1 aliphatic heterocycles. The lowest BCUT2D eigenvalue weighted by atomic mass is 10.0. The Morgan fingerprint density at radius 2 is 2.09 bits per heavy atom. The van der Waals surface area contributed by atoms with Crippen LogP contribution in [0.4, 0.5) is 0 Å². The van der Waals surface area contributed by atoms with E-state index >= 15 is 0 Å². The number of sulfonamides is 1. The summed E-state index contributed by atoms with van der Waals surface area (Å²) in [5, 5.41) is 3.34. The van der Waals surface area contributed by atoms with Gasteiger partial charge in [-0.15, -0.1) is 0 Å². The van der Waals surface area contributed by atoms with Gasteiger partial charge in [-0.05, 0) is 38.5 Å². The van der Waals surface area contributed by atoms with Gasteiger partial charge >= 0.3 is 0 Å². The van der Waals surface area contributed by atoms with E-state index in [9.17, 15) is 13.2 Å². The predicted molar refractivity (Wildman–Crippen MR) is 90.0 cm³/mol. The highest BCUT2D eigenvalue weighted by Gasteiger charge is 2.30. The largest absolute Gasteiger partial charge is 0.333 e. The molecule has 1 saturated heterocycles. The Bertz CT molecular complexity index is 688. The summed E-state index contributed by atoms with van der Waals surface area (Å²) in [6.07, 6.45) is 0. The van der Waals surface area contributed by atoms with Crippen molar-refractivity contribution >= 4 is 15.9 Å². The van der Waals surface area contributed by atoms with Gasteiger partial charge in [-0.1, -0.05) is 13.0 Å². The Kier molecular flexibility index (Phi) is 5.44. The molecule has 1 amide bonds. The Morgan fingerprint density at radius 3 is 2.74 bits per heavy atom. The van der Waals surface area contributed by atoms with Gasteiger partial charge in [-0.2, -0.15) is 0 Å². The Balaban J connectivity index is 2.37. The molecule has 128 valence electrons. The van der Waals surface area contributed by atoms with E-state index in [0.29, 0.717) is 18.7 Å². The monoisotopic (exact) mass is 339 g/mol. The number of aryl methyl sites for hydroxylation is 1. The van der Waals surface area contributed by atoms with Gasteiger partial charge in [-0.3, -0.25) is 4.79 Å². The van der Waals surface area contributed by atoms with E-state index in [2.05, 4.69) is 10.0 Å². The Hall–Kier alpha value is -1.44. The minimum atomic E-state index is -3.57. The van der Waals surface area contributed by atoms with Crippen LogP contribution in [0.25, 0.3) is 0 Å². The second-order valence-electron chi connectivity index (χ2n) is 5.96. The number of nitrogens with one attached hydrogen (secondary N) is 2. The molecular formula is C16H25N3O3S. The number of nitrogens with zero attached hydrogens (tertiary/aromatic N) is 1. The van der Waals surface area contributed by atoms with Crippen LogP contribution in [0.1, 0.15) is 36.7 Å². The van der Waals surface area contributed by atoms with Crippen LogP contribution in [0.15, 0.2) is 23.1 Å². The lowest BCUT2D eigenvalue weighted by Crippen LogP contribution is -2.57. The molecule has 0 aromatic heterocycles. The third-order valence-corrected chi connectivity index (χ3v) is 5.92. The standard InChI is InChI=1S/C16H25N3O3S/c1-5-18-23(21,22)14-7-6-11(2)15(10-14)16(20)19-9-8-17-12(3)13(19)4/h6-7,10,12-13,17-18H,5,8-9H2,1-4H3. The van der Waals surface area contributed by atoms with Gasteiger partial charge in [0, 0.05) is 37.3 Å². The summed E-state index contributed by atoms with van der Waals surface area (Å²) in [4.78, 5) is 14.8. The summed E-state index contributed by atoms with van der Waals surface area (Å²) in [5.41, 5.74) is 1.23. The topological polar surface area (TPSA) is 78.5 Å². The van der Waals surface area contributed by atoms with E-state index in [0.717, 1.165) is 12.1 Å². The quantitative estimate of drug-likeness (QED) is 0.861. The average Bonchev–Trinajstić information content (AvgIpc) is 2.49. The minimum Gasteiger partial charge on any atom is -0.333 e. The Morgan fingerprint density at radius 1 is 1.39 bits per heavy atom. The zero-order chi connectivity index (χ0) is 17.2. The first-order valence-corrected chi connectivity index (χ1v) is 9.41. The van der Waals surface area contributed by atoms with Crippen molar-refractivity contribution in [1.82, 2.24) is 14.9 Å². The summed E-state index contributed by atoms with van der Waals surface area (Å²) in [5.74, 6) is -0.114. The van der Waals surface area contributed by atoms with Crippen molar-refractivity contribution < 1.29 is 13.2 Å². The third kappa shape index (κ3) is 3.73. The first-order valence-electron chi connectivity index (χ1n) is 7.92. The van der Waals surface area contributed by atoms with E-state index in [4.69, 9.17) is 0 Å². The van der Waals surface area contributed by atoms with Crippen molar-refractivity contribution in [3.8, 4) is 0 Å². The van der Waals surface area contributed by atoms with Crippen LogP contribution in [0, 0.1) is 6.92 Å². The summed E-state index contributed by atoms with van der Waals surface area (Å²) in [6, 6.07) is 4.97. The van der Waals surface area contributed by atoms with E-state index in [1.807, 2.05) is 25.7 Å². The van der Waals surface area contributed by atoms with Crippen molar-refractivity contribution in [2.24, 2.45) is 0 Å². The molecule has 2 N–H and O–H groups in total. The van der Waals surface area contributed by atoms with Gasteiger partial charge in [0.05, 0.1) is 4.90 Å². The molecule has 2 unspecified atom stereocenters. The summed E-state index contributed by atoms with van der Waals surface area (Å²) < 4.78 is 26.8. The van der Waals surface area contributed by atoms with Gasteiger partial charge in [0.25, 0.3) is 5.91 Å². The van der Waals surface area contributed by atoms with Crippen LogP contribution >= 0.6 is 0 Å². The smallest absolute Gasteiger partial charge is 0.254 e. The van der Waals surface area contributed by atoms with Gasteiger partial charge in [0.2, 0.25) is 10.0 Å². The zero-order valence-electron chi connectivity index (χ0n) is 14.1. The summed E-state index contributed by atoms with van der Waals surface area (Å²) in [6.45, 7) is 9.27. The maximum atomic E-state index is 12.9. The highest BCUT2D eigenvalue weighted by molar-refractivity contribution is 7.89. The van der Waals surface area contributed by atoms with E-state index in [-0.39, 0.29) is 22.9 Å². The van der Waals surface area contributed by atoms with E-state index in [1.165, 1.54) is 12.1 Å². The molecule has 2 rings (SSSR count). The van der Waals surface area contributed by atoms with Crippen LogP contribution < -0.4 is 10.0 Å². The molecule has 0 bridgehead atoms. The highest BCUT2D eigenvalue weighted by atomic mass is 32.2. The zero-order valence-corrected chi connectivity index (χ0v) is 14.9. The number of rotatable bonds is 4. The average molecular weight is 339 g/mol. The minimum absolute atomic E-state index is 0.0599.